The van der Waals surface area contributed by atoms with Gasteiger partial charge >= 0.3 is 5.97 Å². The Hall–Kier alpha value is -10.4. The number of hydrogen-bond acceptors (Lipinski definition) is 17. The molecular formula is C57H69N17O12. The molecule has 0 aliphatic heterocycles. The molecule has 4 aromatic heterocycles. The van der Waals surface area contributed by atoms with Gasteiger partial charge in [-0.2, -0.15) is 0 Å². The number of hydrogen-bond donors (Lipinski definition) is 17. The van der Waals surface area contributed by atoms with E-state index in [2.05, 4.69) is 77.1 Å². The molecule has 29 heteroatoms. The summed E-state index contributed by atoms with van der Waals surface area (Å²) in [5, 5.41) is 59.0. The van der Waals surface area contributed by atoms with Crippen LogP contribution in [-0.2, 0) is 83.3 Å². The van der Waals surface area contributed by atoms with Crippen molar-refractivity contribution in [2.45, 2.75) is 113 Å². The van der Waals surface area contributed by atoms with E-state index >= 15 is 0 Å². The number of nitrogens with zero attached hydrogens (tertiary/aromatic N) is 4. The second-order valence-electron chi connectivity index (χ2n) is 20.4. The van der Waals surface area contributed by atoms with Crippen molar-refractivity contribution >= 4 is 47.3 Å². The summed E-state index contributed by atoms with van der Waals surface area (Å²) in [6.45, 7) is 0.217. The molecule has 3 aromatic carbocycles. The van der Waals surface area contributed by atoms with Crippen LogP contribution in [-0.4, -0.2) is 162 Å². The number of nitrogens with two attached hydrogens (primary N) is 2. The van der Waals surface area contributed by atoms with E-state index in [0.29, 0.717) is 52.3 Å². The van der Waals surface area contributed by atoms with Crippen LogP contribution in [0.15, 0.2) is 123 Å². The molecular weight excluding hydrogens is 1110 g/mol. The zero-order valence-corrected chi connectivity index (χ0v) is 46.4. The molecule has 19 N–H and O–H groups in total. The number of nitrogens with one attached hydrogen (secondary N) is 11. The Kier molecular flexibility index (Phi) is 23.0. The zero-order valence-electron chi connectivity index (χ0n) is 46.4. The second kappa shape index (κ2) is 31.3. The number of benzene rings is 3. The average molecular weight is 1180 g/mol. The summed E-state index contributed by atoms with van der Waals surface area (Å²) in [7, 11) is 0. The number of rotatable bonds is 33. The van der Waals surface area contributed by atoms with E-state index in [0.717, 1.165) is 0 Å². The highest BCUT2D eigenvalue weighted by molar-refractivity contribution is 5.98. The van der Waals surface area contributed by atoms with Crippen molar-refractivity contribution in [1.82, 2.24) is 77.1 Å². The molecule has 7 amide bonds. The van der Waals surface area contributed by atoms with Crippen LogP contribution in [0, 0.1) is 0 Å². The number of aliphatic carboxylic acids is 1. The Bertz CT molecular complexity index is 3290. The Morgan fingerprint density at radius 3 is 0.977 bits per heavy atom. The standard InChI is InChI=1S/C57H69N17O12/c58-16-2-1-3-43(68-55(83)47(21-36-25-61-29-65-36)72-52(80)44(17-32-4-10-39(75)11-5-32)69-50(78)42(59)20-35-24-60-28-64-35)51(79)70-45(18-33-6-12-40(76)13-7-33)53(81)73-48(22-37-26-62-30-66-37)56(84)71-46(19-34-8-14-41(77)15-9-34)54(82)74-49(57(85)86)23-38-27-63-31-67-38/h4-15,24-31,42-49,75-77H,1-3,16-23,58-59H2,(H,60,64)(H,61,65)(H,62,66)(H,63,67)(H,68,83)(H,69,78)(H,70,79)(H,71,84)(H,72,80)(H,73,81)(H,74,82)(H,85,86)/t42-,43-,44-,45-,46-,47-,48-,49-/m0/s1. The van der Waals surface area contributed by atoms with Gasteiger partial charge in [0, 0.05) is 92.5 Å². The van der Waals surface area contributed by atoms with Gasteiger partial charge in [-0.3, -0.25) is 33.6 Å². The predicted octanol–water partition coefficient (Wildman–Crippen LogP) is -1.37. The molecule has 29 nitrogen and oxygen atoms in total. The minimum atomic E-state index is -1.52. The van der Waals surface area contributed by atoms with Gasteiger partial charge in [-0.25, -0.2) is 24.7 Å². The fourth-order valence-electron chi connectivity index (χ4n) is 9.10. The second-order valence-corrected chi connectivity index (χ2v) is 20.4. The van der Waals surface area contributed by atoms with Crippen LogP contribution in [0.4, 0.5) is 0 Å². The molecule has 0 radical (unpaired) electrons. The molecule has 86 heavy (non-hydrogen) atoms. The maximum Gasteiger partial charge on any atom is 0.326 e. The van der Waals surface area contributed by atoms with Gasteiger partial charge in [0.05, 0.1) is 31.4 Å². The number of carbonyl (C=O) groups excluding carboxylic acids is 7. The van der Waals surface area contributed by atoms with E-state index in [9.17, 15) is 58.8 Å². The number of aromatic amines is 4. The molecule has 7 aromatic rings. The van der Waals surface area contributed by atoms with Crippen molar-refractivity contribution in [3.05, 3.63) is 162 Å². The maximum absolute atomic E-state index is 14.9. The summed E-state index contributed by atoms with van der Waals surface area (Å²) in [5.74, 6) is -7.58. The summed E-state index contributed by atoms with van der Waals surface area (Å²) in [4.78, 5) is 141. The summed E-state index contributed by atoms with van der Waals surface area (Å²) < 4.78 is 0. The fraction of sp³-hybridized carbons (Fsp3) is 0.333. The Labute approximate surface area is 491 Å². The third-order valence-corrected chi connectivity index (χ3v) is 13.8. The first-order valence-corrected chi connectivity index (χ1v) is 27.4. The van der Waals surface area contributed by atoms with Gasteiger partial charge in [0.2, 0.25) is 41.4 Å². The van der Waals surface area contributed by atoms with Crippen LogP contribution in [0.5, 0.6) is 17.2 Å². The van der Waals surface area contributed by atoms with Crippen LogP contribution in [0.2, 0.25) is 0 Å². The minimum Gasteiger partial charge on any atom is -0.508 e. The molecule has 0 saturated carbocycles. The third-order valence-electron chi connectivity index (χ3n) is 13.8. The lowest BCUT2D eigenvalue weighted by Gasteiger charge is -2.28. The summed E-state index contributed by atoms with van der Waals surface area (Å²) in [5.41, 5.74) is 15.3. The van der Waals surface area contributed by atoms with Gasteiger partial charge in [0.1, 0.15) is 59.5 Å². The normalized spacial score (nSPS) is 13.9. The number of aromatic nitrogens is 8. The lowest BCUT2D eigenvalue weighted by Crippen LogP contribution is -2.61. The van der Waals surface area contributed by atoms with E-state index in [1.165, 1.54) is 111 Å². The van der Waals surface area contributed by atoms with Crippen molar-refractivity contribution in [2.24, 2.45) is 11.5 Å². The Balaban J connectivity index is 1.14. The van der Waals surface area contributed by atoms with Crippen LogP contribution < -0.4 is 48.7 Å². The number of amides is 7. The Morgan fingerprint density at radius 1 is 0.384 bits per heavy atom. The third kappa shape index (κ3) is 19.6. The fourth-order valence-corrected chi connectivity index (χ4v) is 9.10. The van der Waals surface area contributed by atoms with E-state index in [1.807, 2.05) is 0 Å². The maximum atomic E-state index is 14.9. The van der Waals surface area contributed by atoms with Crippen molar-refractivity contribution < 1.29 is 58.8 Å². The average Bonchev–Trinajstić information content (AvgIpc) is 4.19. The van der Waals surface area contributed by atoms with Gasteiger partial charge < -0.3 is 89.0 Å². The number of unbranched alkanes of at least 4 members (excludes halogenated alkanes) is 1. The summed E-state index contributed by atoms with van der Waals surface area (Å²) >= 11 is 0. The first-order valence-electron chi connectivity index (χ1n) is 27.4. The highest BCUT2D eigenvalue weighted by Crippen LogP contribution is 2.17. The lowest BCUT2D eigenvalue weighted by atomic mass is 10.0. The summed E-state index contributed by atoms with van der Waals surface area (Å²) in [6, 6.07) is 6.13. The molecule has 0 aliphatic rings. The highest BCUT2D eigenvalue weighted by Gasteiger charge is 2.36. The van der Waals surface area contributed by atoms with Crippen LogP contribution >= 0.6 is 0 Å². The van der Waals surface area contributed by atoms with Crippen molar-refractivity contribution in [2.75, 3.05) is 6.54 Å². The highest BCUT2D eigenvalue weighted by atomic mass is 16.4. The quantitative estimate of drug-likeness (QED) is 0.0211. The number of carboxylic acids is 1. The van der Waals surface area contributed by atoms with E-state index in [4.69, 9.17) is 11.5 Å². The predicted molar refractivity (Wildman–Crippen MR) is 307 cm³/mol. The van der Waals surface area contributed by atoms with E-state index in [1.54, 1.807) is 12.1 Å². The number of H-pyrrole nitrogens is 4. The van der Waals surface area contributed by atoms with E-state index < -0.39 is 95.7 Å². The first kappa shape index (κ1) is 63.2. The summed E-state index contributed by atoms with van der Waals surface area (Å²) in [6.07, 6.45) is 10.7. The molecule has 454 valence electrons. The number of carbonyl (C=O) groups is 8. The molecule has 8 atom stereocenters. The smallest absolute Gasteiger partial charge is 0.326 e. The molecule has 0 bridgehead atoms. The molecule has 0 unspecified atom stereocenters. The van der Waals surface area contributed by atoms with Crippen molar-refractivity contribution in [3.8, 4) is 17.2 Å². The molecule has 0 fully saturated rings. The SMILES string of the molecule is NCCCC[C@H](NC(=O)[C@H](Cc1cnc[nH]1)NC(=O)[C@H](Cc1ccc(O)cc1)NC(=O)[C@@H](N)Cc1cnc[nH]1)C(=O)N[C@@H](Cc1ccc(O)cc1)C(=O)N[C@@H](Cc1cnc[nH]1)C(=O)N[C@@H](Cc1ccc(O)cc1)C(=O)N[C@@H](Cc1cnc[nH]1)C(=O)O. The minimum absolute atomic E-state index is 0.0270. The largest absolute Gasteiger partial charge is 0.508 e. The number of phenols is 3. The van der Waals surface area contributed by atoms with Crippen molar-refractivity contribution in [3.63, 3.8) is 0 Å². The number of phenolic OH excluding ortho intramolecular Hbond substituents is 3. The van der Waals surface area contributed by atoms with Crippen LogP contribution in [0.3, 0.4) is 0 Å². The van der Waals surface area contributed by atoms with Crippen LogP contribution in [0.25, 0.3) is 0 Å². The van der Waals surface area contributed by atoms with Gasteiger partial charge in [-0.15, -0.1) is 0 Å². The van der Waals surface area contributed by atoms with Gasteiger partial charge in [0.15, 0.2) is 0 Å². The molecule has 0 aliphatic carbocycles. The van der Waals surface area contributed by atoms with Gasteiger partial charge in [0.25, 0.3) is 0 Å². The Morgan fingerprint density at radius 2 is 0.663 bits per heavy atom. The lowest BCUT2D eigenvalue weighted by molar-refractivity contribution is -0.142. The number of imidazole rings is 4. The number of aromatic hydroxyl groups is 3. The van der Waals surface area contributed by atoms with Crippen molar-refractivity contribution in [1.29, 1.82) is 0 Å². The molecule has 0 spiro atoms. The van der Waals surface area contributed by atoms with Gasteiger partial charge in [-0.05, 0) is 78.9 Å². The monoisotopic (exact) mass is 1180 g/mol. The topological polar surface area (TPSA) is 468 Å². The molecule has 0 saturated heterocycles. The van der Waals surface area contributed by atoms with Crippen LogP contribution in [0.1, 0.15) is 58.7 Å². The van der Waals surface area contributed by atoms with Gasteiger partial charge in [-0.1, -0.05) is 36.4 Å². The first-order chi connectivity index (χ1) is 41.4. The van der Waals surface area contributed by atoms with E-state index in [-0.39, 0.29) is 75.2 Å². The number of carboxylic acid groups (broad SMARTS) is 1. The zero-order chi connectivity index (χ0) is 61.5. The molecule has 7 rings (SSSR count). The molecule has 4 heterocycles.